The Morgan fingerprint density at radius 1 is 1.29 bits per heavy atom. The van der Waals surface area contributed by atoms with Gasteiger partial charge in [-0.25, -0.2) is 0 Å². The molecule has 0 fully saturated rings. The second-order valence-corrected chi connectivity index (χ2v) is 3.75. The molecule has 0 aliphatic carbocycles. The molecule has 0 amide bonds. The SMILES string of the molecule is Cc1cc(-n2nnnc2C(F)(F)F)ccc1Cl. The van der Waals surface area contributed by atoms with Gasteiger partial charge in [-0.3, -0.25) is 0 Å². The second-order valence-electron chi connectivity index (χ2n) is 3.35. The summed E-state index contributed by atoms with van der Waals surface area (Å²) in [6, 6.07) is 4.39. The Morgan fingerprint density at radius 3 is 2.59 bits per heavy atom. The van der Waals surface area contributed by atoms with E-state index in [4.69, 9.17) is 11.6 Å². The van der Waals surface area contributed by atoms with Crippen molar-refractivity contribution in [3.63, 3.8) is 0 Å². The molecule has 0 saturated carbocycles. The van der Waals surface area contributed by atoms with E-state index in [1.54, 1.807) is 6.92 Å². The monoisotopic (exact) mass is 262 g/mol. The Balaban J connectivity index is 2.54. The first kappa shape index (κ1) is 11.8. The van der Waals surface area contributed by atoms with Crippen LogP contribution in [0, 0.1) is 6.92 Å². The molecule has 1 heterocycles. The van der Waals surface area contributed by atoms with E-state index in [9.17, 15) is 13.2 Å². The van der Waals surface area contributed by atoms with E-state index >= 15 is 0 Å². The van der Waals surface area contributed by atoms with E-state index in [2.05, 4.69) is 15.5 Å². The topological polar surface area (TPSA) is 43.6 Å². The predicted octanol–water partition coefficient (Wildman–Crippen LogP) is 2.64. The molecule has 4 nitrogen and oxygen atoms in total. The number of aryl methyl sites for hydroxylation is 1. The number of tetrazole rings is 1. The number of rotatable bonds is 1. The minimum Gasteiger partial charge on any atom is -0.189 e. The minimum atomic E-state index is -4.60. The highest BCUT2D eigenvalue weighted by Crippen LogP contribution is 2.29. The molecule has 2 rings (SSSR count). The average molecular weight is 263 g/mol. The molecular weight excluding hydrogens is 257 g/mol. The second kappa shape index (κ2) is 3.99. The van der Waals surface area contributed by atoms with Gasteiger partial charge in [0.1, 0.15) is 0 Å². The number of hydrogen-bond donors (Lipinski definition) is 0. The zero-order valence-corrected chi connectivity index (χ0v) is 9.29. The Morgan fingerprint density at radius 2 is 2.00 bits per heavy atom. The third-order valence-corrected chi connectivity index (χ3v) is 2.53. The first-order chi connectivity index (χ1) is 7.89. The standard InChI is InChI=1S/C9H6ClF3N4/c1-5-4-6(2-3-7(5)10)17-8(9(11,12)13)14-15-16-17/h2-4H,1H3. The molecule has 0 spiro atoms. The Hall–Kier alpha value is -1.63. The highest BCUT2D eigenvalue weighted by atomic mass is 35.5. The molecule has 0 radical (unpaired) electrons. The molecule has 17 heavy (non-hydrogen) atoms. The van der Waals surface area contributed by atoms with Crippen molar-refractivity contribution in [3.8, 4) is 5.69 Å². The summed E-state index contributed by atoms with van der Waals surface area (Å²) in [5.74, 6) is -1.17. The van der Waals surface area contributed by atoms with Gasteiger partial charge >= 0.3 is 6.18 Å². The highest BCUT2D eigenvalue weighted by Gasteiger charge is 2.38. The summed E-state index contributed by atoms with van der Waals surface area (Å²) in [5, 5.41) is 9.77. The predicted molar refractivity (Wildman–Crippen MR) is 53.9 cm³/mol. The van der Waals surface area contributed by atoms with Crippen LogP contribution < -0.4 is 0 Å². The van der Waals surface area contributed by atoms with Crippen molar-refractivity contribution in [3.05, 3.63) is 34.6 Å². The number of halogens is 4. The third-order valence-electron chi connectivity index (χ3n) is 2.11. The van der Waals surface area contributed by atoms with E-state index in [1.165, 1.54) is 18.2 Å². The average Bonchev–Trinajstić information content (AvgIpc) is 2.70. The summed E-state index contributed by atoms with van der Waals surface area (Å²) in [5.41, 5.74) is 0.858. The van der Waals surface area contributed by atoms with Gasteiger partial charge in [-0.15, -0.1) is 5.10 Å². The largest absolute Gasteiger partial charge is 0.453 e. The molecule has 0 N–H and O–H groups in total. The zero-order valence-electron chi connectivity index (χ0n) is 8.53. The zero-order chi connectivity index (χ0) is 12.6. The van der Waals surface area contributed by atoms with E-state index in [0.717, 1.165) is 0 Å². The van der Waals surface area contributed by atoms with Crippen LogP contribution in [-0.2, 0) is 6.18 Å². The normalized spacial score (nSPS) is 11.8. The van der Waals surface area contributed by atoms with E-state index in [0.29, 0.717) is 15.3 Å². The first-order valence-corrected chi connectivity index (χ1v) is 4.89. The van der Waals surface area contributed by atoms with Gasteiger partial charge in [0.15, 0.2) is 0 Å². The number of nitrogens with zero attached hydrogens (tertiary/aromatic N) is 4. The molecule has 0 aliphatic rings. The van der Waals surface area contributed by atoms with Crippen LogP contribution in [0.15, 0.2) is 18.2 Å². The molecule has 0 saturated heterocycles. The van der Waals surface area contributed by atoms with Crippen LogP contribution in [-0.4, -0.2) is 20.2 Å². The van der Waals surface area contributed by atoms with Crippen LogP contribution in [0.4, 0.5) is 13.2 Å². The Bertz CT molecular complexity index is 549. The van der Waals surface area contributed by atoms with Crippen molar-refractivity contribution in [1.82, 2.24) is 20.2 Å². The van der Waals surface area contributed by atoms with Gasteiger partial charge in [-0.05, 0) is 41.1 Å². The van der Waals surface area contributed by atoms with Crippen LogP contribution in [0.1, 0.15) is 11.4 Å². The fourth-order valence-electron chi connectivity index (χ4n) is 1.30. The van der Waals surface area contributed by atoms with Gasteiger partial charge in [0.05, 0.1) is 5.69 Å². The molecule has 0 atom stereocenters. The van der Waals surface area contributed by atoms with Crippen LogP contribution in [0.3, 0.4) is 0 Å². The third kappa shape index (κ3) is 2.23. The van der Waals surface area contributed by atoms with E-state index in [-0.39, 0.29) is 5.69 Å². The van der Waals surface area contributed by atoms with Gasteiger partial charge in [0.2, 0.25) is 0 Å². The molecule has 0 unspecified atom stereocenters. The summed E-state index contributed by atoms with van der Waals surface area (Å²) in [6.07, 6.45) is -4.60. The molecule has 1 aromatic heterocycles. The van der Waals surface area contributed by atoms with Gasteiger partial charge in [0, 0.05) is 5.02 Å². The Kier molecular flexibility index (Phi) is 2.78. The first-order valence-electron chi connectivity index (χ1n) is 4.51. The lowest BCUT2D eigenvalue weighted by atomic mass is 10.2. The molecule has 0 aliphatic heterocycles. The fraction of sp³-hybridized carbons (Fsp3) is 0.222. The van der Waals surface area contributed by atoms with Crippen molar-refractivity contribution in [2.45, 2.75) is 13.1 Å². The summed E-state index contributed by atoms with van der Waals surface area (Å²) in [7, 11) is 0. The van der Waals surface area contributed by atoms with Gasteiger partial charge < -0.3 is 0 Å². The summed E-state index contributed by atoms with van der Waals surface area (Å²) in [4.78, 5) is 0. The summed E-state index contributed by atoms with van der Waals surface area (Å²) < 4.78 is 38.3. The molecular formula is C9H6ClF3N4. The Labute approximate surface area is 99.0 Å². The van der Waals surface area contributed by atoms with Gasteiger partial charge in [0.25, 0.3) is 5.82 Å². The minimum absolute atomic E-state index is 0.212. The number of hydrogen-bond acceptors (Lipinski definition) is 3. The maximum Gasteiger partial charge on any atom is 0.453 e. The smallest absolute Gasteiger partial charge is 0.189 e. The fourth-order valence-corrected chi connectivity index (χ4v) is 1.42. The van der Waals surface area contributed by atoms with Gasteiger partial charge in [-0.2, -0.15) is 17.9 Å². The highest BCUT2D eigenvalue weighted by molar-refractivity contribution is 6.31. The number of benzene rings is 1. The number of alkyl halides is 3. The van der Waals surface area contributed by atoms with Gasteiger partial charge in [-0.1, -0.05) is 11.6 Å². The summed E-state index contributed by atoms with van der Waals surface area (Å²) >= 11 is 5.79. The quantitative estimate of drug-likeness (QED) is 0.793. The molecule has 90 valence electrons. The molecule has 0 bridgehead atoms. The van der Waals surface area contributed by atoms with Crippen LogP contribution in [0.5, 0.6) is 0 Å². The summed E-state index contributed by atoms with van der Waals surface area (Å²) in [6.45, 7) is 1.68. The van der Waals surface area contributed by atoms with Crippen molar-refractivity contribution < 1.29 is 13.2 Å². The lowest BCUT2D eigenvalue weighted by Gasteiger charge is -2.08. The van der Waals surface area contributed by atoms with Crippen LogP contribution >= 0.6 is 11.6 Å². The van der Waals surface area contributed by atoms with Crippen LogP contribution in [0.25, 0.3) is 5.69 Å². The van der Waals surface area contributed by atoms with Crippen molar-refractivity contribution >= 4 is 11.6 Å². The lowest BCUT2D eigenvalue weighted by Crippen LogP contribution is -2.14. The van der Waals surface area contributed by atoms with Crippen molar-refractivity contribution in [2.75, 3.05) is 0 Å². The van der Waals surface area contributed by atoms with E-state index in [1.807, 2.05) is 0 Å². The lowest BCUT2D eigenvalue weighted by molar-refractivity contribution is -0.146. The molecule has 1 aromatic carbocycles. The molecule has 8 heteroatoms. The van der Waals surface area contributed by atoms with Crippen LogP contribution in [0.2, 0.25) is 5.02 Å². The maximum atomic E-state index is 12.6. The maximum absolute atomic E-state index is 12.6. The van der Waals surface area contributed by atoms with Crippen molar-refractivity contribution in [1.29, 1.82) is 0 Å². The molecule has 2 aromatic rings. The van der Waals surface area contributed by atoms with E-state index < -0.39 is 12.0 Å². The van der Waals surface area contributed by atoms with Crippen molar-refractivity contribution in [2.24, 2.45) is 0 Å². The number of aromatic nitrogens is 4.